The predicted octanol–water partition coefficient (Wildman–Crippen LogP) is 5.58. The van der Waals surface area contributed by atoms with Crippen molar-refractivity contribution in [1.29, 1.82) is 0 Å². The van der Waals surface area contributed by atoms with Gasteiger partial charge >= 0.3 is 5.97 Å². The van der Waals surface area contributed by atoms with Gasteiger partial charge in [0.1, 0.15) is 0 Å². The monoisotopic (exact) mass is 477 g/mol. The highest BCUT2D eigenvalue weighted by molar-refractivity contribution is 5.88. The van der Waals surface area contributed by atoms with E-state index in [0.29, 0.717) is 23.4 Å². The largest absolute Gasteiger partial charge is 0.476 e. The van der Waals surface area contributed by atoms with Gasteiger partial charge in [0.2, 0.25) is 5.69 Å². The summed E-state index contributed by atoms with van der Waals surface area (Å²) in [7, 11) is 0. The molecule has 3 heterocycles. The van der Waals surface area contributed by atoms with E-state index in [4.69, 9.17) is 0 Å². The maximum absolute atomic E-state index is 13.6. The van der Waals surface area contributed by atoms with Crippen LogP contribution in [0.2, 0.25) is 0 Å². The molecule has 6 rings (SSSR count). The zero-order valence-electron chi connectivity index (χ0n) is 21.4. The van der Waals surface area contributed by atoms with Gasteiger partial charge in [-0.05, 0) is 83.3 Å². The molecule has 1 unspecified atom stereocenters. The first-order valence-electron chi connectivity index (χ1n) is 13.7. The van der Waals surface area contributed by atoms with Crippen LogP contribution in [0.5, 0.6) is 0 Å². The summed E-state index contributed by atoms with van der Waals surface area (Å²) in [5.41, 5.74) is 0.376. The Morgan fingerprint density at radius 1 is 1.09 bits per heavy atom. The van der Waals surface area contributed by atoms with Crippen LogP contribution in [0.1, 0.15) is 102 Å². The van der Waals surface area contributed by atoms with Crippen molar-refractivity contribution >= 4 is 17.0 Å². The third kappa shape index (κ3) is 3.42. The average molecular weight is 478 g/mol. The topological polar surface area (TPSA) is 75.4 Å². The third-order valence-electron chi connectivity index (χ3n) is 10.2. The Morgan fingerprint density at radius 3 is 2.46 bits per heavy atom. The number of carboxylic acid groups (broad SMARTS) is 1. The van der Waals surface area contributed by atoms with Crippen molar-refractivity contribution in [2.75, 3.05) is 0 Å². The summed E-state index contributed by atoms with van der Waals surface area (Å²) in [6.07, 6.45) is 13.7. The Labute approximate surface area is 207 Å². The molecule has 2 aliphatic heterocycles. The zero-order valence-corrected chi connectivity index (χ0v) is 21.4. The standard InChI is InChI=1S/C29H39N3O3/c1-27(2,19-11-7-5-4-6-8-12-19)32-21-15-20-16-29(20,32)18-28(3,17-21)31-23-14-10-9-13-22(23)30-24(25(31)33)26(34)35/h9-10,13-14,19-21H,4-8,11-12,15-18H2,1-3H3,(H,34,35)/t20?,21-,28+,29+/m0/s1. The van der Waals surface area contributed by atoms with E-state index in [-0.39, 0.29) is 16.8 Å². The van der Waals surface area contributed by atoms with E-state index in [1.54, 1.807) is 0 Å². The molecule has 2 aromatic rings. The Morgan fingerprint density at radius 2 is 1.77 bits per heavy atom. The number of hydrogen-bond acceptors (Lipinski definition) is 4. The smallest absolute Gasteiger partial charge is 0.360 e. The lowest BCUT2D eigenvalue weighted by molar-refractivity contribution is -0.0694. The molecule has 4 atom stereocenters. The van der Waals surface area contributed by atoms with Crippen LogP contribution in [-0.2, 0) is 5.54 Å². The summed E-state index contributed by atoms with van der Waals surface area (Å²) in [4.78, 5) is 32.7. The molecule has 2 aliphatic carbocycles. The fraction of sp³-hybridized carbons (Fsp3) is 0.690. The summed E-state index contributed by atoms with van der Waals surface area (Å²) >= 11 is 0. The maximum Gasteiger partial charge on any atom is 0.360 e. The van der Waals surface area contributed by atoms with Gasteiger partial charge < -0.3 is 5.11 Å². The molecule has 0 radical (unpaired) electrons. The zero-order chi connectivity index (χ0) is 24.6. The minimum atomic E-state index is -1.24. The van der Waals surface area contributed by atoms with E-state index in [0.717, 1.165) is 18.4 Å². The van der Waals surface area contributed by atoms with Crippen LogP contribution >= 0.6 is 0 Å². The second kappa shape index (κ2) is 7.89. The van der Waals surface area contributed by atoms with Crippen molar-refractivity contribution < 1.29 is 9.90 Å². The number of nitrogens with zero attached hydrogens (tertiary/aromatic N) is 3. The van der Waals surface area contributed by atoms with Crippen molar-refractivity contribution in [2.24, 2.45) is 11.8 Å². The quantitative estimate of drug-likeness (QED) is 0.623. The lowest BCUT2D eigenvalue weighted by Gasteiger charge is -2.57. The van der Waals surface area contributed by atoms with E-state index in [1.807, 2.05) is 28.8 Å². The van der Waals surface area contributed by atoms with Crippen molar-refractivity contribution in [2.45, 2.75) is 114 Å². The predicted molar refractivity (Wildman–Crippen MR) is 137 cm³/mol. The highest BCUT2D eigenvalue weighted by Gasteiger charge is 2.72. The van der Waals surface area contributed by atoms with E-state index >= 15 is 0 Å². The van der Waals surface area contributed by atoms with Gasteiger partial charge in [0.25, 0.3) is 5.56 Å². The maximum atomic E-state index is 13.6. The van der Waals surface area contributed by atoms with E-state index in [9.17, 15) is 14.7 Å². The lowest BCUT2D eigenvalue weighted by atomic mass is 9.72. The Hall–Kier alpha value is -2.21. The molecule has 6 heteroatoms. The molecule has 1 spiro atoms. The average Bonchev–Trinajstić information content (AvgIpc) is 3.35. The van der Waals surface area contributed by atoms with Gasteiger partial charge in [-0.25, -0.2) is 9.78 Å². The molecular formula is C29H39N3O3. The molecule has 35 heavy (non-hydrogen) atoms. The van der Waals surface area contributed by atoms with Gasteiger partial charge in [-0.1, -0.05) is 44.2 Å². The fourth-order valence-electron chi connectivity index (χ4n) is 8.86. The Kier molecular flexibility index (Phi) is 5.23. The van der Waals surface area contributed by atoms with Crippen molar-refractivity contribution in [3.05, 3.63) is 40.3 Å². The van der Waals surface area contributed by atoms with E-state index in [1.165, 1.54) is 57.8 Å². The molecule has 188 valence electrons. The molecule has 6 nitrogen and oxygen atoms in total. The van der Waals surface area contributed by atoms with Crippen LogP contribution in [0.4, 0.5) is 0 Å². The highest BCUT2D eigenvalue weighted by atomic mass is 16.4. The molecule has 2 saturated carbocycles. The van der Waals surface area contributed by atoms with Crippen LogP contribution in [0.15, 0.2) is 29.1 Å². The molecule has 4 fully saturated rings. The molecule has 4 aliphatic rings. The van der Waals surface area contributed by atoms with Gasteiger partial charge in [-0.2, -0.15) is 0 Å². The number of carbonyl (C=O) groups is 1. The molecule has 1 aromatic carbocycles. The molecular weight excluding hydrogens is 438 g/mol. The SMILES string of the molecule is CC(C)(C1CCCCCCC1)N1[C@H]2CC3C[C@@]31C[C@](C)(n1c(=O)c(C(=O)O)nc3ccccc31)C2. The highest BCUT2D eigenvalue weighted by Crippen LogP contribution is 2.69. The minimum absolute atomic E-state index is 0.136. The Bertz CT molecular complexity index is 1230. The second-order valence-electron chi connectivity index (χ2n) is 12.7. The number of piperidine rings is 2. The molecule has 1 aromatic heterocycles. The van der Waals surface area contributed by atoms with Gasteiger partial charge in [-0.3, -0.25) is 14.3 Å². The number of rotatable bonds is 4. The Balaban J connectivity index is 1.41. The van der Waals surface area contributed by atoms with Gasteiger partial charge in [0.05, 0.1) is 11.0 Å². The van der Waals surface area contributed by atoms with Gasteiger partial charge in [-0.15, -0.1) is 0 Å². The van der Waals surface area contributed by atoms with Gasteiger partial charge in [0.15, 0.2) is 0 Å². The van der Waals surface area contributed by atoms with E-state index < -0.39 is 17.1 Å². The van der Waals surface area contributed by atoms with Crippen molar-refractivity contribution in [3.63, 3.8) is 0 Å². The van der Waals surface area contributed by atoms with Crippen molar-refractivity contribution in [1.82, 2.24) is 14.5 Å². The number of aromatic nitrogens is 2. The van der Waals surface area contributed by atoms with Crippen LogP contribution in [-0.4, -0.2) is 42.6 Å². The summed E-state index contributed by atoms with van der Waals surface area (Å²) in [5, 5.41) is 9.76. The first kappa shape index (κ1) is 23.2. The fourth-order valence-corrected chi connectivity index (χ4v) is 8.86. The number of aromatic carboxylic acids is 1. The van der Waals surface area contributed by atoms with Crippen molar-refractivity contribution in [3.8, 4) is 0 Å². The molecule has 2 bridgehead atoms. The minimum Gasteiger partial charge on any atom is -0.476 e. The van der Waals surface area contributed by atoms with E-state index in [2.05, 4.69) is 30.7 Å². The second-order valence-corrected chi connectivity index (χ2v) is 12.7. The number of hydrogen-bond donors (Lipinski definition) is 1. The number of fused-ring (bicyclic) bond motifs is 2. The van der Waals surface area contributed by atoms with Crippen LogP contribution < -0.4 is 5.56 Å². The van der Waals surface area contributed by atoms with Crippen LogP contribution in [0.25, 0.3) is 11.0 Å². The van der Waals surface area contributed by atoms with Gasteiger partial charge in [0, 0.05) is 22.7 Å². The first-order chi connectivity index (χ1) is 16.7. The number of carboxylic acids is 1. The third-order valence-corrected chi connectivity index (χ3v) is 10.2. The number of benzene rings is 1. The normalized spacial score (nSPS) is 33.8. The molecule has 1 N–H and O–H groups in total. The van der Waals surface area contributed by atoms with Crippen LogP contribution in [0, 0.1) is 11.8 Å². The summed E-state index contributed by atoms with van der Waals surface area (Å²) < 4.78 is 1.81. The summed E-state index contributed by atoms with van der Waals surface area (Å²) in [6, 6.07) is 7.96. The lowest BCUT2D eigenvalue weighted by Crippen LogP contribution is -2.64. The summed E-state index contributed by atoms with van der Waals surface area (Å²) in [5.74, 6) is 0.172. The van der Waals surface area contributed by atoms with Crippen LogP contribution in [0.3, 0.4) is 0 Å². The molecule has 2 saturated heterocycles. The summed E-state index contributed by atoms with van der Waals surface area (Å²) in [6.45, 7) is 7.18. The first-order valence-corrected chi connectivity index (χ1v) is 13.7. The number of para-hydroxylation sites is 2. The molecule has 0 amide bonds.